The Morgan fingerprint density at radius 1 is 0.840 bits per heavy atom. The van der Waals surface area contributed by atoms with Crippen LogP contribution in [0, 0.1) is 0 Å². The molecule has 0 spiro atoms. The van der Waals surface area contributed by atoms with Crippen LogP contribution in [0.2, 0.25) is 0 Å². The zero-order chi connectivity index (χ0) is 18.0. The second kappa shape index (κ2) is 16.5. The Labute approximate surface area is 159 Å². The first-order chi connectivity index (χ1) is 12.3. The fourth-order valence-corrected chi connectivity index (χ4v) is 3.60. The summed E-state index contributed by atoms with van der Waals surface area (Å²) < 4.78 is 5.30. The quantitative estimate of drug-likeness (QED) is 0.239. The Hall–Kier alpha value is -0.960. The Morgan fingerprint density at radius 2 is 1.40 bits per heavy atom. The first-order valence-corrected chi connectivity index (χ1v) is 11.3. The first-order valence-electron chi connectivity index (χ1n) is 10.1. The third-order valence-electron chi connectivity index (χ3n) is 4.34. The molecule has 0 unspecified atom stereocenters. The molecule has 25 heavy (non-hydrogen) atoms. The van der Waals surface area contributed by atoms with Crippen molar-refractivity contribution < 1.29 is 9.53 Å². The number of rotatable bonds is 16. The van der Waals surface area contributed by atoms with E-state index in [-0.39, 0.29) is 5.97 Å². The van der Waals surface area contributed by atoms with Crippen molar-refractivity contribution in [3.63, 3.8) is 0 Å². The van der Waals surface area contributed by atoms with E-state index in [0.717, 1.165) is 12.2 Å². The SMILES string of the molecule is CCCCCCCCCCCCCOC(=O)CSCc1ccccc1. The molecule has 0 heterocycles. The highest BCUT2D eigenvalue weighted by Crippen LogP contribution is 2.13. The van der Waals surface area contributed by atoms with Crippen molar-refractivity contribution >= 4 is 17.7 Å². The Kier molecular flexibility index (Phi) is 14.6. The van der Waals surface area contributed by atoms with Crippen LogP contribution >= 0.6 is 11.8 Å². The smallest absolute Gasteiger partial charge is 0.315 e. The van der Waals surface area contributed by atoms with Gasteiger partial charge < -0.3 is 4.74 Å². The number of carbonyl (C=O) groups is 1. The van der Waals surface area contributed by atoms with Gasteiger partial charge in [0.25, 0.3) is 0 Å². The van der Waals surface area contributed by atoms with E-state index in [4.69, 9.17) is 4.74 Å². The minimum atomic E-state index is -0.0759. The van der Waals surface area contributed by atoms with Crippen LogP contribution in [0.3, 0.4) is 0 Å². The van der Waals surface area contributed by atoms with Crippen LogP contribution in [-0.4, -0.2) is 18.3 Å². The van der Waals surface area contributed by atoms with Gasteiger partial charge in [-0.3, -0.25) is 4.79 Å². The summed E-state index contributed by atoms with van der Waals surface area (Å²) in [5.41, 5.74) is 1.26. The van der Waals surface area contributed by atoms with E-state index in [9.17, 15) is 4.79 Å². The van der Waals surface area contributed by atoms with Crippen LogP contribution in [0.4, 0.5) is 0 Å². The summed E-state index contributed by atoms with van der Waals surface area (Å²) in [6.45, 7) is 2.85. The summed E-state index contributed by atoms with van der Waals surface area (Å²) in [6, 6.07) is 10.2. The van der Waals surface area contributed by atoms with Crippen molar-refractivity contribution in [3.05, 3.63) is 35.9 Å². The largest absolute Gasteiger partial charge is 0.465 e. The maximum Gasteiger partial charge on any atom is 0.315 e. The highest BCUT2D eigenvalue weighted by molar-refractivity contribution is 7.99. The summed E-state index contributed by atoms with van der Waals surface area (Å²) in [6.07, 6.45) is 14.5. The minimum Gasteiger partial charge on any atom is -0.465 e. The predicted octanol–water partition coefficient (Wildman–Crippen LogP) is 6.77. The lowest BCUT2D eigenvalue weighted by atomic mass is 10.1. The summed E-state index contributed by atoms with van der Waals surface area (Å²) in [7, 11) is 0. The molecule has 0 aliphatic carbocycles. The van der Waals surface area contributed by atoms with Crippen molar-refractivity contribution in [1.29, 1.82) is 0 Å². The number of unbranched alkanes of at least 4 members (excludes halogenated alkanes) is 10. The molecule has 0 radical (unpaired) electrons. The summed E-state index contributed by atoms with van der Waals surface area (Å²) in [5, 5.41) is 0. The normalized spacial score (nSPS) is 10.8. The van der Waals surface area contributed by atoms with Gasteiger partial charge in [0, 0.05) is 5.75 Å². The first kappa shape index (κ1) is 22.1. The van der Waals surface area contributed by atoms with E-state index < -0.39 is 0 Å². The highest BCUT2D eigenvalue weighted by atomic mass is 32.2. The molecule has 0 saturated heterocycles. The fraction of sp³-hybridized carbons (Fsp3) is 0.682. The lowest BCUT2D eigenvalue weighted by molar-refractivity contribution is -0.140. The molecule has 0 atom stereocenters. The topological polar surface area (TPSA) is 26.3 Å². The average Bonchev–Trinajstić information content (AvgIpc) is 2.63. The zero-order valence-corrected chi connectivity index (χ0v) is 16.8. The van der Waals surface area contributed by atoms with Crippen molar-refractivity contribution in [3.8, 4) is 0 Å². The van der Waals surface area contributed by atoms with Gasteiger partial charge in [-0.15, -0.1) is 11.8 Å². The number of thioether (sulfide) groups is 1. The van der Waals surface area contributed by atoms with Crippen LogP contribution < -0.4 is 0 Å². The number of carbonyl (C=O) groups excluding carboxylic acids is 1. The third kappa shape index (κ3) is 13.9. The highest BCUT2D eigenvalue weighted by Gasteiger charge is 2.03. The number of hydrogen-bond donors (Lipinski definition) is 0. The van der Waals surface area contributed by atoms with Gasteiger partial charge in [-0.2, -0.15) is 0 Å². The maximum atomic E-state index is 11.7. The lowest BCUT2D eigenvalue weighted by Gasteiger charge is -2.05. The molecule has 0 bridgehead atoms. The molecular formula is C22H36O2S. The third-order valence-corrected chi connectivity index (χ3v) is 5.32. The van der Waals surface area contributed by atoms with Gasteiger partial charge in [0.15, 0.2) is 0 Å². The summed E-state index contributed by atoms with van der Waals surface area (Å²) >= 11 is 1.62. The van der Waals surface area contributed by atoms with E-state index >= 15 is 0 Å². The van der Waals surface area contributed by atoms with Gasteiger partial charge in [0.2, 0.25) is 0 Å². The number of benzene rings is 1. The molecule has 1 aromatic rings. The van der Waals surface area contributed by atoms with E-state index in [2.05, 4.69) is 19.1 Å². The molecule has 0 fully saturated rings. The Bertz CT molecular complexity index is 419. The number of hydrogen-bond acceptors (Lipinski definition) is 3. The minimum absolute atomic E-state index is 0.0759. The summed E-state index contributed by atoms with van der Waals surface area (Å²) in [5.74, 6) is 1.24. The Balaban J connectivity index is 1.81. The molecule has 0 saturated carbocycles. The predicted molar refractivity (Wildman–Crippen MR) is 110 cm³/mol. The van der Waals surface area contributed by atoms with Crippen LogP contribution in [-0.2, 0) is 15.3 Å². The van der Waals surface area contributed by atoms with Gasteiger partial charge in [-0.25, -0.2) is 0 Å². The molecule has 1 rings (SSSR count). The van der Waals surface area contributed by atoms with Gasteiger partial charge in [0.05, 0.1) is 12.4 Å². The second-order valence-electron chi connectivity index (χ2n) is 6.73. The van der Waals surface area contributed by atoms with Crippen LogP contribution in [0.25, 0.3) is 0 Å². The van der Waals surface area contributed by atoms with Gasteiger partial charge in [-0.05, 0) is 12.0 Å². The van der Waals surface area contributed by atoms with E-state index in [1.807, 2.05) is 18.2 Å². The van der Waals surface area contributed by atoms with Crippen LogP contribution in [0.1, 0.15) is 83.1 Å². The molecule has 0 aromatic heterocycles. The van der Waals surface area contributed by atoms with Crippen molar-refractivity contribution in [2.75, 3.05) is 12.4 Å². The molecule has 1 aromatic carbocycles. The number of ether oxygens (including phenoxy) is 1. The fourth-order valence-electron chi connectivity index (χ4n) is 2.82. The zero-order valence-electron chi connectivity index (χ0n) is 16.0. The lowest BCUT2D eigenvalue weighted by Crippen LogP contribution is -2.08. The monoisotopic (exact) mass is 364 g/mol. The summed E-state index contributed by atoms with van der Waals surface area (Å²) in [4.78, 5) is 11.7. The molecule has 0 N–H and O–H groups in total. The molecule has 2 nitrogen and oxygen atoms in total. The standard InChI is InChI=1S/C22H36O2S/c1-2-3-4-5-6-7-8-9-10-11-15-18-24-22(23)20-25-19-21-16-13-12-14-17-21/h12-14,16-17H,2-11,15,18-20H2,1H3. The molecule has 0 amide bonds. The maximum absolute atomic E-state index is 11.7. The van der Waals surface area contributed by atoms with Gasteiger partial charge in [0.1, 0.15) is 0 Å². The molecule has 3 heteroatoms. The number of esters is 1. The molecule has 0 aliphatic heterocycles. The average molecular weight is 365 g/mol. The van der Waals surface area contributed by atoms with Crippen molar-refractivity contribution in [1.82, 2.24) is 0 Å². The molecule has 0 aliphatic rings. The molecular weight excluding hydrogens is 328 g/mol. The van der Waals surface area contributed by atoms with Gasteiger partial charge in [-0.1, -0.05) is 101 Å². The van der Waals surface area contributed by atoms with Gasteiger partial charge >= 0.3 is 5.97 Å². The second-order valence-corrected chi connectivity index (χ2v) is 7.72. The van der Waals surface area contributed by atoms with Crippen LogP contribution in [0.15, 0.2) is 30.3 Å². The van der Waals surface area contributed by atoms with Crippen molar-refractivity contribution in [2.24, 2.45) is 0 Å². The van der Waals surface area contributed by atoms with Crippen LogP contribution in [0.5, 0.6) is 0 Å². The Morgan fingerprint density at radius 3 is 2.00 bits per heavy atom. The molecule has 142 valence electrons. The van der Waals surface area contributed by atoms with E-state index in [1.165, 1.54) is 69.8 Å². The van der Waals surface area contributed by atoms with E-state index in [1.54, 1.807) is 11.8 Å². The van der Waals surface area contributed by atoms with Crippen molar-refractivity contribution in [2.45, 2.75) is 83.3 Å². The van der Waals surface area contributed by atoms with E-state index in [0.29, 0.717) is 12.4 Å².